The topological polar surface area (TPSA) is 192 Å². The highest BCUT2D eigenvalue weighted by Gasteiger charge is 2.51. The van der Waals surface area contributed by atoms with E-state index in [0.29, 0.717) is 13.0 Å². The van der Waals surface area contributed by atoms with Crippen LogP contribution < -0.4 is 0 Å². The Bertz CT molecular complexity index is 1260. The van der Waals surface area contributed by atoms with Gasteiger partial charge in [0.25, 0.3) is 0 Å². The van der Waals surface area contributed by atoms with Gasteiger partial charge in [-0.25, -0.2) is 4.57 Å². The zero-order chi connectivity index (χ0) is 47.6. The number of phosphoric ester groups is 1. The Morgan fingerprint density at radius 2 is 0.862 bits per heavy atom. The first-order chi connectivity index (χ1) is 31.5. The number of hydrogen-bond acceptors (Lipinski definition) is 11. The SMILES string of the molecule is CCCCC/C=C\C/C=C\C/C=C\CCCCCCCCC(=O)OC(COCCCCCCCCCC/C=C\CCCCCCCCC)COP(=O)(O)OC1C(O)C(O)C(O)C(O)C1O. The monoisotopic (exact) mass is 943 g/mol. The average Bonchev–Trinajstić information content (AvgIpc) is 3.29. The highest BCUT2D eigenvalue weighted by molar-refractivity contribution is 7.47. The molecule has 13 heteroatoms. The number of allylic oxidation sites excluding steroid dienone is 8. The first-order valence-electron chi connectivity index (χ1n) is 26.0. The minimum Gasteiger partial charge on any atom is -0.457 e. The molecule has 0 amide bonds. The number of aliphatic hydroxyl groups is 5. The van der Waals surface area contributed by atoms with Gasteiger partial charge in [-0.2, -0.15) is 0 Å². The van der Waals surface area contributed by atoms with Crippen molar-refractivity contribution < 1.29 is 58.3 Å². The first kappa shape index (κ1) is 61.3. The summed E-state index contributed by atoms with van der Waals surface area (Å²) in [4.78, 5) is 23.2. The highest BCUT2D eigenvalue weighted by Crippen LogP contribution is 2.47. The lowest BCUT2D eigenvalue weighted by molar-refractivity contribution is -0.220. The molecule has 0 radical (unpaired) electrons. The van der Waals surface area contributed by atoms with E-state index in [2.05, 4.69) is 62.5 Å². The van der Waals surface area contributed by atoms with Crippen molar-refractivity contribution in [2.75, 3.05) is 19.8 Å². The molecule has 0 bridgehead atoms. The largest absolute Gasteiger partial charge is 0.472 e. The summed E-state index contributed by atoms with van der Waals surface area (Å²) in [5.41, 5.74) is 0. The fourth-order valence-corrected chi connectivity index (χ4v) is 8.74. The molecule has 0 spiro atoms. The van der Waals surface area contributed by atoms with E-state index in [1.807, 2.05) is 0 Å². The molecule has 6 unspecified atom stereocenters. The van der Waals surface area contributed by atoms with Gasteiger partial charge in [-0.15, -0.1) is 0 Å². The van der Waals surface area contributed by atoms with Crippen molar-refractivity contribution in [1.29, 1.82) is 0 Å². The van der Waals surface area contributed by atoms with Crippen molar-refractivity contribution in [1.82, 2.24) is 0 Å². The van der Waals surface area contributed by atoms with E-state index < -0.39 is 63.1 Å². The molecule has 0 aliphatic heterocycles. The van der Waals surface area contributed by atoms with Gasteiger partial charge in [0, 0.05) is 13.0 Å². The molecule has 1 rings (SSSR count). The fourth-order valence-electron chi connectivity index (χ4n) is 7.77. The van der Waals surface area contributed by atoms with Crippen LogP contribution in [0.1, 0.15) is 213 Å². The van der Waals surface area contributed by atoms with Crippen LogP contribution in [0.4, 0.5) is 0 Å². The number of hydrogen-bond donors (Lipinski definition) is 6. The van der Waals surface area contributed by atoms with Crippen LogP contribution in [0.15, 0.2) is 48.6 Å². The number of rotatable bonds is 44. The molecule has 0 aromatic rings. The molecule has 6 atom stereocenters. The summed E-state index contributed by atoms with van der Waals surface area (Å²) in [6.07, 6.45) is 40.3. The molecular formula is C52H95O12P. The Morgan fingerprint density at radius 1 is 0.492 bits per heavy atom. The number of aliphatic hydroxyl groups excluding tert-OH is 5. The Hall–Kier alpha value is -1.70. The summed E-state index contributed by atoms with van der Waals surface area (Å²) in [6.45, 7) is 4.23. The van der Waals surface area contributed by atoms with Gasteiger partial charge in [-0.05, 0) is 77.0 Å². The average molecular weight is 943 g/mol. The third-order valence-corrected chi connectivity index (χ3v) is 12.9. The Balaban J connectivity index is 2.36. The second-order valence-electron chi connectivity index (χ2n) is 18.0. The van der Waals surface area contributed by atoms with Gasteiger partial charge >= 0.3 is 13.8 Å². The van der Waals surface area contributed by atoms with Gasteiger partial charge in [0.1, 0.15) is 42.7 Å². The van der Waals surface area contributed by atoms with Crippen molar-refractivity contribution in [2.24, 2.45) is 0 Å². The Kier molecular flexibility index (Phi) is 40.0. The van der Waals surface area contributed by atoms with Crippen LogP contribution in [0.2, 0.25) is 0 Å². The van der Waals surface area contributed by atoms with Crippen molar-refractivity contribution in [2.45, 2.75) is 256 Å². The normalized spacial score (nSPS) is 21.9. The van der Waals surface area contributed by atoms with E-state index in [-0.39, 0.29) is 13.0 Å². The van der Waals surface area contributed by atoms with Crippen LogP contribution >= 0.6 is 7.82 Å². The Morgan fingerprint density at radius 3 is 1.35 bits per heavy atom. The maximum absolute atomic E-state index is 12.9. The third-order valence-electron chi connectivity index (χ3n) is 11.9. The lowest BCUT2D eigenvalue weighted by Gasteiger charge is -2.41. The molecule has 1 fully saturated rings. The predicted octanol–water partition coefficient (Wildman–Crippen LogP) is 11.6. The number of carbonyl (C=O) groups excluding carboxylic acids is 1. The van der Waals surface area contributed by atoms with Crippen LogP contribution in [0.3, 0.4) is 0 Å². The number of esters is 1. The quantitative estimate of drug-likeness (QED) is 0.0147. The van der Waals surface area contributed by atoms with E-state index in [1.54, 1.807) is 0 Å². The van der Waals surface area contributed by atoms with Crippen molar-refractivity contribution in [3.8, 4) is 0 Å². The van der Waals surface area contributed by atoms with Gasteiger partial charge in [-0.1, -0.05) is 178 Å². The second kappa shape index (κ2) is 42.4. The molecule has 6 N–H and O–H groups in total. The Labute approximate surface area is 395 Å². The summed E-state index contributed by atoms with van der Waals surface area (Å²) >= 11 is 0. The second-order valence-corrected chi connectivity index (χ2v) is 19.4. The smallest absolute Gasteiger partial charge is 0.457 e. The summed E-state index contributed by atoms with van der Waals surface area (Å²) < 4.78 is 34.3. The number of ether oxygens (including phenoxy) is 2. The molecular weight excluding hydrogens is 848 g/mol. The van der Waals surface area contributed by atoms with Crippen molar-refractivity contribution >= 4 is 13.8 Å². The highest BCUT2D eigenvalue weighted by atomic mass is 31.2. The van der Waals surface area contributed by atoms with E-state index in [1.165, 1.54) is 116 Å². The van der Waals surface area contributed by atoms with Crippen LogP contribution in [-0.2, 0) is 27.9 Å². The van der Waals surface area contributed by atoms with Crippen LogP contribution in [0.5, 0.6) is 0 Å². The molecule has 1 saturated carbocycles. The molecule has 0 aromatic heterocycles. The molecule has 0 aromatic carbocycles. The molecule has 1 aliphatic rings. The third kappa shape index (κ3) is 34.3. The summed E-state index contributed by atoms with van der Waals surface area (Å²) in [7, 11) is -5.03. The van der Waals surface area contributed by atoms with Gasteiger partial charge in [0.05, 0.1) is 13.2 Å². The van der Waals surface area contributed by atoms with E-state index in [4.69, 9.17) is 18.5 Å². The van der Waals surface area contributed by atoms with Crippen molar-refractivity contribution in [3.63, 3.8) is 0 Å². The predicted molar refractivity (Wildman–Crippen MR) is 262 cm³/mol. The van der Waals surface area contributed by atoms with Gasteiger partial charge in [-0.3, -0.25) is 13.8 Å². The number of unbranched alkanes of at least 4 members (excludes halogenated alkanes) is 24. The summed E-state index contributed by atoms with van der Waals surface area (Å²) in [5.74, 6) is -0.490. The van der Waals surface area contributed by atoms with E-state index in [9.17, 15) is 39.8 Å². The minimum atomic E-state index is -5.03. The van der Waals surface area contributed by atoms with Crippen LogP contribution in [0.25, 0.3) is 0 Å². The van der Waals surface area contributed by atoms with Gasteiger partial charge in [0.2, 0.25) is 0 Å². The van der Waals surface area contributed by atoms with E-state index in [0.717, 1.165) is 70.6 Å². The van der Waals surface area contributed by atoms with Crippen LogP contribution in [0, 0.1) is 0 Å². The standard InChI is InChI=1S/C52H95O12P/c1-3-5-7-9-11-13-15-17-19-21-23-25-27-29-31-33-35-37-39-41-46(53)63-45(44-62-65(59,60)64-52-50(57)48(55)47(54)49(56)51(52)58)43-61-42-40-38-36-34-32-30-28-26-24-22-20-18-16-14-12-10-8-6-4-2/h11,13,17,19-20,22-23,25,45,47-52,54-58H,3-10,12,14-16,18,21,24,26-44H2,1-2H3,(H,59,60)/b13-11-,19-17-,22-20-,25-23-. The van der Waals surface area contributed by atoms with Crippen LogP contribution in [-0.4, -0.2) is 98.9 Å². The minimum absolute atomic E-state index is 0.0845. The molecule has 380 valence electrons. The van der Waals surface area contributed by atoms with Gasteiger partial charge in [0.15, 0.2) is 0 Å². The molecule has 0 heterocycles. The van der Waals surface area contributed by atoms with E-state index >= 15 is 0 Å². The molecule has 65 heavy (non-hydrogen) atoms. The lowest BCUT2D eigenvalue weighted by Crippen LogP contribution is -2.64. The maximum atomic E-state index is 12.9. The number of carbonyl (C=O) groups is 1. The molecule has 12 nitrogen and oxygen atoms in total. The summed E-state index contributed by atoms with van der Waals surface area (Å²) in [6, 6.07) is 0. The lowest BCUT2D eigenvalue weighted by atomic mass is 9.85. The first-order valence-corrected chi connectivity index (χ1v) is 27.5. The zero-order valence-corrected chi connectivity index (χ0v) is 41.7. The number of phosphoric acid groups is 1. The zero-order valence-electron chi connectivity index (χ0n) is 40.8. The maximum Gasteiger partial charge on any atom is 0.472 e. The fraction of sp³-hybridized carbons (Fsp3) is 0.827. The molecule has 1 aliphatic carbocycles. The summed E-state index contributed by atoms with van der Waals surface area (Å²) in [5, 5.41) is 50.3. The molecule has 0 saturated heterocycles. The van der Waals surface area contributed by atoms with Gasteiger partial charge < -0.3 is 39.9 Å². The van der Waals surface area contributed by atoms with Crippen molar-refractivity contribution in [3.05, 3.63) is 48.6 Å².